The van der Waals surface area contributed by atoms with E-state index in [0.717, 1.165) is 12.8 Å². The zero-order chi connectivity index (χ0) is 17.9. The Labute approximate surface area is 147 Å². The van der Waals surface area contributed by atoms with Crippen molar-refractivity contribution in [2.24, 2.45) is 5.73 Å². The number of hydrogen-bond donors (Lipinski definition) is 2. The first-order chi connectivity index (χ1) is 12.0. The van der Waals surface area contributed by atoms with E-state index in [1.807, 2.05) is 0 Å². The van der Waals surface area contributed by atoms with E-state index in [9.17, 15) is 13.2 Å². The average molecular weight is 369 g/mol. The lowest BCUT2D eigenvalue weighted by molar-refractivity contribution is -0.130. The predicted molar refractivity (Wildman–Crippen MR) is 91.0 cm³/mol. The van der Waals surface area contributed by atoms with Crippen LogP contribution in [-0.2, 0) is 14.8 Å². The molecule has 1 fully saturated rings. The highest BCUT2D eigenvalue weighted by Crippen LogP contribution is 2.31. The number of carbonyl (C=O) groups is 1. The van der Waals surface area contributed by atoms with Crippen LogP contribution in [0.25, 0.3) is 0 Å². The van der Waals surface area contributed by atoms with Crippen molar-refractivity contribution in [3.05, 3.63) is 18.2 Å². The molecule has 1 saturated heterocycles. The van der Waals surface area contributed by atoms with Crippen LogP contribution in [0.5, 0.6) is 11.5 Å². The van der Waals surface area contributed by atoms with Crippen molar-refractivity contribution < 1.29 is 22.7 Å². The molecule has 0 aliphatic carbocycles. The third-order valence-electron chi connectivity index (χ3n) is 4.24. The van der Waals surface area contributed by atoms with Crippen LogP contribution in [0.2, 0.25) is 0 Å². The SMILES string of the molecule is N[C@@H]1CCN(C(=O)CCNS(=O)(=O)c2ccc3c(c2)OCCCO3)C1. The predicted octanol–water partition coefficient (Wildman–Crippen LogP) is 0.0759. The summed E-state index contributed by atoms with van der Waals surface area (Å²) in [7, 11) is -3.72. The topological polar surface area (TPSA) is 111 Å². The normalized spacial score (nSPS) is 20.4. The molecule has 2 aliphatic rings. The molecule has 2 aliphatic heterocycles. The molecule has 0 bridgehead atoms. The summed E-state index contributed by atoms with van der Waals surface area (Å²) in [6, 6.07) is 4.52. The van der Waals surface area contributed by atoms with Gasteiger partial charge in [0.2, 0.25) is 15.9 Å². The van der Waals surface area contributed by atoms with E-state index in [2.05, 4.69) is 4.72 Å². The minimum atomic E-state index is -3.72. The lowest BCUT2D eigenvalue weighted by atomic mass is 10.3. The first-order valence-corrected chi connectivity index (χ1v) is 9.87. The van der Waals surface area contributed by atoms with Gasteiger partial charge in [0.05, 0.1) is 18.1 Å². The molecule has 3 N–H and O–H groups in total. The quantitative estimate of drug-likeness (QED) is 0.760. The maximum absolute atomic E-state index is 12.4. The minimum absolute atomic E-state index is 0.0161. The summed E-state index contributed by atoms with van der Waals surface area (Å²) in [6.45, 7) is 2.24. The van der Waals surface area contributed by atoms with Gasteiger partial charge in [-0.25, -0.2) is 13.1 Å². The number of hydrogen-bond acceptors (Lipinski definition) is 6. The molecule has 8 nitrogen and oxygen atoms in total. The number of fused-ring (bicyclic) bond motifs is 1. The van der Waals surface area contributed by atoms with Gasteiger partial charge in [0.1, 0.15) is 0 Å². The molecule has 0 saturated carbocycles. The van der Waals surface area contributed by atoms with Crippen LogP contribution in [0.15, 0.2) is 23.1 Å². The number of sulfonamides is 1. The monoisotopic (exact) mass is 369 g/mol. The lowest BCUT2D eigenvalue weighted by Gasteiger charge is -2.16. The summed E-state index contributed by atoms with van der Waals surface area (Å²) in [5, 5.41) is 0. The number of carbonyl (C=O) groups excluding carboxylic acids is 1. The number of nitrogens with two attached hydrogens (primary N) is 1. The molecule has 25 heavy (non-hydrogen) atoms. The van der Waals surface area contributed by atoms with Crippen LogP contribution < -0.4 is 19.9 Å². The summed E-state index contributed by atoms with van der Waals surface area (Å²) in [6.07, 6.45) is 1.64. The van der Waals surface area contributed by atoms with E-state index in [-0.39, 0.29) is 29.8 Å². The Balaban J connectivity index is 1.58. The van der Waals surface area contributed by atoms with Gasteiger partial charge in [0.15, 0.2) is 11.5 Å². The summed E-state index contributed by atoms with van der Waals surface area (Å²) < 4.78 is 38.3. The second kappa shape index (κ2) is 7.59. The number of nitrogens with one attached hydrogen (secondary N) is 1. The van der Waals surface area contributed by atoms with E-state index >= 15 is 0 Å². The molecule has 1 aromatic rings. The molecular weight excluding hydrogens is 346 g/mol. The first-order valence-electron chi connectivity index (χ1n) is 8.38. The van der Waals surface area contributed by atoms with Crippen molar-refractivity contribution in [2.75, 3.05) is 32.8 Å². The molecule has 138 valence electrons. The largest absolute Gasteiger partial charge is 0.490 e. The number of likely N-dealkylation sites (tertiary alicyclic amines) is 1. The molecule has 0 radical (unpaired) electrons. The first kappa shape index (κ1) is 18.0. The molecule has 1 aromatic carbocycles. The summed E-state index contributed by atoms with van der Waals surface area (Å²) >= 11 is 0. The molecule has 0 aromatic heterocycles. The van der Waals surface area contributed by atoms with Gasteiger partial charge in [-0.2, -0.15) is 0 Å². The van der Waals surface area contributed by atoms with E-state index in [4.69, 9.17) is 15.2 Å². The van der Waals surface area contributed by atoms with Gasteiger partial charge in [-0.3, -0.25) is 4.79 Å². The van der Waals surface area contributed by atoms with Crippen molar-refractivity contribution in [2.45, 2.75) is 30.2 Å². The van der Waals surface area contributed by atoms with Crippen LogP contribution in [-0.4, -0.2) is 58.1 Å². The molecule has 0 unspecified atom stereocenters. The zero-order valence-corrected chi connectivity index (χ0v) is 14.8. The molecule has 1 amide bonds. The Bertz CT molecular complexity index is 737. The van der Waals surface area contributed by atoms with Crippen molar-refractivity contribution >= 4 is 15.9 Å². The fourth-order valence-electron chi connectivity index (χ4n) is 2.86. The van der Waals surface area contributed by atoms with Crippen molar-refractivity contribution in [3.63, 3.8) is 0 Å². The third kappa shape index (κ3) is 4.42. The minimum Gasteiger partial charge on any atom is -0.490 e. The van der Waals surface area contributed by atoms with E-state index in [1.165, 1.54) is 12.1 Å². The summed E-state index contributed by atoms with van der Waals surface area (Å²) in [5.41, 5.74) is 5.78. The summed E-state index contributed by atoms with van der Waals surface area (Å²) in [5.74, 6) is 0.869. The van der Waals surface area contributed by atoms with Gasteiger partial charge in [-0.15, -0.1) is 0 Å². The Morgan fingerprint density at radius 2 is 2.04 bits per heavy atom. The van der Waals surface area contributed by atoms with Crippen molar-refractivity contribution in [1.82, 2.24) is 9.62 Å². The van der Waals surface area contributed by atoms with Gasteiger partial charge < -0.3 is 20.1 Å². The molecule has 9 heteroatoms. The molecular formula is C16H23N3O5S. The van der Waals surface area contributed by atoms with E-state index < -0.39 is 10.0 Å². The fourth-order valence-corrected chi connectivity index (χ4v) is 3.91. The number of nitrogens with zero attached hydrogens (tertiary/aromatic N) is 1. The lowest BCUT2D eigenvalue weighted by Crippen LogP contribution is -2.34. The Morgan fingerprint density at radius 3 is 2.76 bits per heavy atom. The molecule has 0 spiro atoms. The summed E-state index contributed by atoms with van der Waals surface area (Å²) in [4.78, 5) is 13.8. The van der Waals surface area contributed by atoms with Crippen LogP contribution in [0.1, 0.15) is 19.3 Å². The number of ether oxygens (including phenoxy) is 2. The highest BCUT2D eigenvalue weighted by Gasteiger charge is 2.24. The molecule has 1 atom stereocenters. The molecule has 2 heterocycles. The Morgan fingerprint density at radius 1 is 1.28 bits per heavy atom. The van der Waals surface area contributed by atoms with Crippen molar-refractivity contribution in [3.8, 4) is 11.5 Å². The van der Waals surface area contributed by atoms with Crippen molar-refractivity contribution in [1.29, 1.82) is 0 Å². The number of amides is 1. The Hall–Kier alpha value is -1.84. The maximum atomic E-state index is 12.4. The van der Waals surface area contributed by atoms with Crippen LogP contribution >= 0.6 is 0 Å². The third-order valence-corrected chi connectivity index (χ3v) is 5.70. The van der Waals surface area contributed by atoms with E-state index in [0.29, 0.717) is 37.8 Å². The second-order valence-corrected chi connectivity index (χ2v) is 7.96. The number of benzene rings is 1. The van der Waals surface area contributed by atoms with Gasteiger partial charge in [-0.1, -0.05) is 0 Å². The van der Waals surface area contributed by atoms with Crippen LogP contribution in [0.3, 0.4) is 0 Å². The standard InChI is InChI=1S/C16H23N3O5S/c17-12-5-7-19(11-12)16(20)4-6-18-25(21,22)13-2-3-14-15(10-13)24-9-1-8-23-14/h2-3,10,12,18H,1,4-9,11,17H2/t12-/m1/s1. The van der Waals surface area contributed by atoms with E-state index in [1.54, 1.807) is 11.0 Å². The van der Waals surface area contributed by atoms with Gasteiger partial charge in [0, 0.05) is 44.6 Å². The smallest absolute Gasteiger partial charge is 0.240 e. The van der Waals surface area contributed by atoms with Crippen LogP contribution in [0, 0.1) is 0 Å². The Kier molecular flexibility index (Phi) is 5.45. The highest BCUT2D eigenvalue weighted by molar-refractivity contribution is 7.89. The highest BCUT2D eigenvalue weighted by atomic mass is 32.2. The second-order valence-electron chi connectivity index (χ2n) is 6.20. The maximum Gasteiger partial charge on any atom is 0.240 e. The van der Waals surface area contributed by atoms with Gasteiger partial charge in [0.25, 0.3) is 0 Å². The van der Waals surface area contributed by atoms with Gasteiger partial charge in [-0.05, 0) is 18.6 Å². The fraction of sp³-hybridized carbons (Fsp3) is 0.562. The van der Waals surface area contributed by atoms with Crippen LogP contribution in [0.4, 0.5) is 0 Å². The van der Waals surface area contributed by atoms with Gasteiger partial charge >= 0.3 is 0 Å². The zero-order valence-electron chi connectivity index (χ0n) is 13.9. The molecule has 3 rings (SSSR count). The number of rotatable bonds is 5. The average Bonchev–Trinajstić information content (AvgIpc) is 2.88.